The molecule has 0 aliphatic rings. The van der Waals surface area contributed by atoms with E-state index in [2.05, 4.69) is 0 Å². The van der Waals surface area contributed by atoms with Crippen LogP contribution in [-0.4, -0.2) is 27.4 Å². The monoisotopic (exact) mass is 239 g/mol. The van der Waals surface area contributed by atoms with Crippen molar-refractivity contribution in [3.63, 3.8) is 0 Å². The highest BCUT2D eigenvalue weighted by Crippen LogP contribution is 2.33. The summed E-state index contributed by atoms with van der Waals surface area (Å²) in [6, 6.07) is 3.93. The highest BCUT2D eigenvalue weighted by atomic mass is 16.5. The van der Waals surface area contributed by atoms with E-state index in [1.54, 1.807) is 21.3 Å². The summed E-state index contributed by atoms with van der Waals surface area (Å²) in [5.74, 6) is 1.61. The van der Waals surface area contributed by atoms with Crippen LogP contribution >= 0.6 is 0 Å². The first-order chi connectivity index (χ1) is 8.13. The number of ether oxygens (including phenoxy) is 3. The fourth-order valence-corrected chi connectivity index (χ4v) is 1.89. The molecule has 0 bridgehead atoms. The van der Waals surface area contributed by atoms with Gasteiger partial charge in [0.25, 0.3) is 0 Å². The molecule has 1 aromatic rings. The van der Waals surface area contributed by atoms with Crippen LogP contribution in [0.15, 0.2) is 12.1 Å². The topological polar surface area (TPSA) is 53.7 Å². The zero-order valence-corrected chi connectivity index (χ0v) is 10.9. The van der Waals surface area contributed by atoms with Gasteiger partial charge in [-0.1, -0.05) is 0 Å². The normalized spacial score (nSPS) is 12.3. The Balaban J connectivity index is 3.21. The Morgan fingerprint density at radius 1 is 1.18 bits per heavy atom. The van der Waals surface area contributed by atoms with Gasteiger partial charge < -0.3 is 19.9 Å². The van der Waals surface area contributed by atoms with Gasteiger partial charge in [0.2, 0.25) is 0 Å². The van der Waals surface area contributed by atoms with Gasteiger partial charge in [0.05, 0.1) is 20.8 Å². The number of methoxy groups -OCH3 is 3. The predicted molar refractivity (Wildman–Crippen MR) is 67.6 cm³/mol. The third-order valence-corrected chi connectivity index (χ3v) is 2.55. The molecule has 0 radical (unpaired) electrons. The van der Waals surface area contributed by atoms with Gasteiger partial charge in [-0.25, -0.2) is 0 Å². The van der Waals surface area contributed by atoms with Crippen molar-refractivity contribution in [1.82, 2.24) is 0 Å². The van der Waals surface area contributed by atoms with E-state index in [0.717, 1.165) is 22.6 Å². The minimum Gasteiger partial charge on any atom is -0.496 e. The second-order valence-electron chi connectivity index (χ2n) is 4.05. The Kier molecular flexibility index (Phi) is 5.25. The van der Waals surface area contributed by atoms with Crippen LogP contribution in [0.3, 0.4) is 0 Å². The SMILES string of the molecule is COCc1ccc(OC)c(CC(C)N)c1OC. The van der Waals surface area contributed by atoms with Crippen LogP contribution in [-0.2, 0) is 17.8 Å². The molecular formula is C13H21NO3. The van der Waals surface area contributed by atoms with E-state index < -0.39 is 0 Å². The van der Waals surface area contributed by atoms with E-state index in [4.69, 9.17) is 19.9 Å². The van der Waals surface area contributed by atoms with Crippen molar-refractivity contribution in [1.29, 1.82) is 0 Å². The molecule has 0 aliphatic carbocycles. The molecule has 0 heterocycles. The maximum Gasteiger partial charge on any atom is 0.131 e. The van der Waals surface area contributed by atoms with Crippen molar-refractivity contribution >= 4 is 0 Å². The van der Waals surface area contributed by atoms with Crippen LogP contribution in [0.1, 0.15) is 18.1 Å². The molecule has 0 fully saturated rings. The van der Waals surface area contributed by atoms with Gasteiger partial charge in [0.1, 0.15) is 11.5 Å². The minimum atomic E-state index is 0.0515. The van der Waals surface area contributed by atoms with Gasteiger partial charge in [-0.3, -0.25) is 0 Å². The molecule has 2 N–H and O–H groups in total. The second-order valence-corrected chi connectivity index (χ2v) is 4.05. The number of rotatable bonds is 6. The zero-order valence-electron chi connectivity index (χ0n) is 10.9. The lowest BCUT2D eigenvalue weighted by Crippen LogP contribution is -2.19. The molecule has 17 heavy (non-hydrogen) atoms. The summed E-state index contributed by atoms with van der Waals surface area (Å²) >= 11 is 0. The zero-order chi connectivity index (χ0) is 12.8. The largest absolute Gasteiger partial charge is 0.496 e. The van der Waals surface area contributed by atoms with Crippen molar-refractivity contribution < 1.29 is 14.2 Å². The molecular weight excluding hydrogens is 218 g/mol. The van der Waals surface area contributed by atoms with Crippen molar-refractivity contribution in [3.8, 4) is 11.5 Å². The van der Waals surface area contributed by atoms with Crippen LogP contribution in [0, 0.1) is 0 Å². The fourth-order valence-electron chi connectivity index (χ4n) is 1.89. The Morgan fingerprint density at radius 2 is 1.88 bits per heavy atom. The molecule has 4 heteroatoms. The Hall–Kier alpha value is -1.26. The predicted octanol–water partition coefficient (Wildman–Crippen LogP) is 1.74. The molecule has 1 atom stereocenters. The third kappa shape index (κ3) is 3.35. The summed E-state index contributed by atoms with van der Waals surface area (Å²) in [6.07, 6.45) is 0.712. The minimum absolute atomic E-state index is 0.0515. The van der Waals surface area contributed by atoms with E-state index in [1.807, 2.05) is 19.1 Å². The molecule has 1 rings (SSSR count). The molecule has 0 saturated heterocycles. The maximum atomic E-state index is 5.85. The lowest BCUT2D eigenvalue weighted by Gasteiger charge is -2.18. The maximum absolute atomic E-state index is 5.85. The Labute approximate surface area is 103 Å². The summed E-state index contributed by atoms with van der Waals surface area (Å²) < 4.78 is 16.0. The van der Waals surface area contributed by atoms with Gasteiger partial charge in [-0.05, 0) is 25.5 Å². The van der Waals surface area contributed by atoms with E-state index in [9.17, 15) is 0 Å². The average Bonchev–Trinajstić information content (AvgIpc) is 2.29. The Morgan fingerprint density at radius 3 is 2.35 bits per heavy atom. The molecule has 1 aromatic carbocycles. The molecule has 96 valence electrons. The second kappa shape index (κ2) is 6.47. The lowest BCUT2D eigenvalue weighted by molar-refractivity contribution is 0.181. The number of hydrogen-bond donors (Lipinski definition) is 1. The molecule has 1 unspecified atom stereocenters. The van der Waals surface area contributed by atoms with E-state index in [-0.39, 0.29) is 6.04 Å². The number of nitrogens with two attached hydrogens (primary N) is 1. The van der Waals surface area contributed by atoms with E-state index >= 15 is 0 Å². The van der Waals surface area contributed by atoms with Crippen molar-refractivity contribution in [2.75, 3.05) is 21.3 Å². The molecule has 0 spiro atoms. The smallest absolute Gasteiger partial charge is 0.131 e. The third-order valence-electron chi connectivity index (χ3n) is 2.55. The summed E-state index contributed by atoms with van der Waals surface area (Å²) in [6.45, 7) is 2.47. The molecule has 0 aromatic heterocycles. The van der Waals surface area contributed by atoms with Crippen LogP contribution in [0.4, 0.5) is 0 Å². The summed E-state index contributed by atoms with van der Waals surface area (Å²) in [5, 5.41) is 0. The summed E-state index contributed by atoms with van der Waals surface area (Å²) in [5.41, 5.74) is 7.86. The summed E-state index contributed by atoms with van der Waals surface area (Å²) in [4.78, 5) is 0. The highest BCUT2D eigenvalue weighted by molar-refractivity contribution is 5.50. The number of benzene rings is 1. The first-order valence-electron chi connectivity index (χ1n) is 5.61. The highest BCUT2D eigenvalue weighted by Gasteiger charge is 2.15. The number of hydrogen-bond acceptors (Lipinski definition) is 4. The quantitative estimate of drug-likeness (QED) is 0.821. The van der Waals surface area contributed by atoms with Crippen molar-refractivity contribution in [2.45, 2.75) is 26.0 Å². The fraction of sp³-hybridized carbons (Fsp3) is 0.538. The van der Waals surface area contributed by atoms with Gasteiger partial charge >= 0.3 is 0 Å². The van der Waals surface area contributed by atoms with Gasteiger partial charge in [0, 0.05) is 24.3 Å². The average molecular weight is 239 g/mol. The van der Waals surface area contributed by atoms with Gasteiger partial charge in [-0.15, -0.1) is 0 Å². The summed E-state index contributed by atoms with van der Waals surface area (Å²) in [7, 11) is 4.96. The van der Waals surface area contributed by atoms with Gasteiger partial charge in [-0.2, -0.15) is 0 Å². The van der Waals surface area contributed by atoms with E-state index in [0.29, 0.717) is 13.0 Å². The van der Waals surface area contributed by atoms with Crippen LogP contribution in [0.5, 0.6) is 11.5 Å². The van der Waals surface area contributed by atoms with Crippen LogP contribution < -0.4 is 15.2 Å². The lowest BCUT2D eigenvalue weighted by atomic mass is 10.0. The van der Waals surface area contributed by atoms with Crippen LogP contribution in [0.25, 0.3) is 0 Å². The van der Waals surface area contributed by atoms with Crippen LogP contribution in [0.2, 0.25) is 0 Å². The Bertz CT molecular complexity index is 364. The molecule has 0 saturated carbocycles. The molecule has 0 amide bonds. The van der Waals surface area contributed by atoms with Gasteiger partial charge in [0.15, 0.2) is 0 Å². The van der Waals surface area contributed by atoms with Crippen molar-refractivity contribution in [2.24, 2.45) is 5.73 Å². The first kappa shape index (κ1) is 13.8. The first-order valence-corrected chi connectivity index (χ1v) is 5.61. The molecule has 4 nitrogen and oxygen atoms in total. The van der Waals surface area contributed by atoms with E-state index in [1.165, 1.54) is 0 Å². The van der Waals surface area contributed by atoms with Crippen molar-refractivity contribution in [3.05, 3.63) is 23.3 Å². The standard InChI is InChI=1S/C13H21NO3/c1-9(14)7-11-12(16-3)6-5-10(8-15-2)13(11)17-4/h5-6,9H,7-8,14H2,1-4H3. The molecule has 0 aliphatic heterocycles.